The van der Waals surface area contributed by atoms with Gasteiger partial charge in [0.2, 0.25) is 10.0 Å². The predicted molar refractivity (Wildman–Crippen MR) is 129 cm³/mol. The lowest BCUT2D eigenvalue weighted by atomic mass is 10.0. The summed E-state index contributed by atoms with van der Waals surface area (Å²) >= 11 is 1.28. The van der Waals surface area contributed by atoms with Crippen LogP contribution in [0.1, 0.15) is 43.0 Å². The summed E-state index contributed by atoms with van der Waals surface area (Å²) in [5, 5.41) is 3.18. The third kappa shape index (κ3) is 4.55. The number of benzene rings is 2. The lowest BCUT2D eigenvalue weighted by Gasteiger charge is -2.34. The Morgan fingerprint density at radius 1 is 1.12 bits per heavy atom. The van der Waals surface area contributed by atoms with Crippen LogP contribution in [0.4, 0.5) is 5.13 Å². The molecule has 1 unspecified atom stereocenters. The molecule has 4 rings (SSSR count). The number of thiazole rings is 1. The first-order valence-corrected chi connectivity index (χ1v) is 13.1. The number of nitrogens with one attached hydrogen (secondary N) is 1. The molecule has 1 amide bonds. The zero-order chi connectivity index (χ0) is 23.6. The smallest absolute Gasteiger partial charge is 0.257 e. The van der Waals surface area contributed by atoms with Crippen LogP contribution in [0.5, 0.6) is 11.5 Å². The van der Waals surface area contributed by atoms with Gasteiger partial charge in [-0.3, -0.25) is 10.1 Å². The van der Waals surface area contributed by atoms with E-state index >= 15 is 0 Å². The van der Waals surface area contributed by atoms with Gasteiger partial charge < -0.3 is 9.47 Å². The molecular weight excluding hydrogens is 462 g/mol. The fourth-order valence-electron chi connectivity index (χ4n) is 4.12. The number of carbonyl (C=O) groups excluding carboxylic acids is 1. The minimum absolute atomic E-state index is 0.0275. The van der Waals surface area contributed by atoms with Gasteiger partial charge in [-0.1, -0.05) is 24.7 Å². The third-order valence-corrected chi connectivity index (χ3v) is 8.85. The fourth-order valence-corrected chi connectivity index (χ4v) is 6.86. The zero-order valence-corrected chi connectivity index (χ0v) is 20.5. The molecule has 1 fully saturated rings. The number of aromatic nitrogens is 1. The number of carbonyl (C=O) groups is 1. The molecule has 33 heavy (non-hydrogen) atoms. The molecule has 3 aromatic rings. The zero-order valence-electron chi connectivity index (χ0n) is 18.8. The Kier molecular flexibility index (Phi) is 6.87. The maximum absolute atomic E-state index is 13.1. The van der Waals surface area contributed by atoms with Gasteiger partial charge in [-0.15, -0.1) is 0 Å². The fraction of sp³-hybridized carbons (Fsp3) is 0.391. The van der Waals surface area contributed by atoms with Crippen molar-refractivity contribution in [1.82, 2.24) is 9.29 Å². The molecule has 8 nitrogen and oxygen atoms in total. The highest BCUT2D eigenvalue weighted by Crippen LogP contribution is 2.39. The van der Waals surface area contributed by atoms with Crippen LogP contribution in [0.3, 0.4) is 0 Å². The standard InChI is InChI=1S/C23H27N3O5S2/c1-4-16-7-5-6-14-26(16)33(28,29)17-10-8-15(9-11-17)22(27)25-23-24-20-18(30-2)12-13-19(31-3)21(20)32-23/h8-13,16H,4-7,14H2,1-3H3,(H,24,25,27). The van der Waals surface area contributed by atoms with Crippen molar-refractivity contribution in [1.29, 1.82) is 0 Å². The second-order valence-electron chi connectivity index (χ2n) is 7.82. The van der Waals surface area contributed by atoms with Crippen molar-refractivity contribution in [3.63, 3.8) is 0 Å². The van der Waals surface area contributed by atoms with E-state index in [4.69, 9.17) is 9.47 Å². The van der Waals surface area contributed by atoms with Crippen LogP contribution < -0.4 is 14.8 Å². The van der Waals surface area contributed by atoms with Gasteiger partial charge in [0.25, 0.3) is 5.91 Å². The average Bonchev–Trinajstić information content (AvgIpc) is 3.27. The van der Waals surface area contributed by atoms with Gasteiger partial charge in [0.1, 0.15) is 21.7 Å². The Morgan fingerprint density at radius 3 is 2.48 bits per heavy atom. The van der Waals surface area contributed by atoms with Crippen molar-refractivity contribution < 1.29 is 22.7 Å². The van der Waals surface area contributed by atoms with Gasteiger partial charge in [0.15, 0.2) is 5.13 Å². The number of hydrogen-bond donors (Lipinski definition) is 1. The molecule has 2 heterocycles. The van der Waals surface area contributed by atoms with E-state index in [2.05, 4.69) is 10.3 Å². The van der Waals surface area contributed by atoms with Gasteiger partial charge in [-0.05, 0) is 55.7 Å². The highest BCUT2D eigenvalue weighted by atomic mass is 32.2. The highest BCUT2D eigenvalue weighted by Gasteiger charge is 2.32. The molecule has 2 aromatic carbocycles. The maximum atomic E-state index is 13.1. The van der Waals surface area contributed by atoms with Crippen molar-refractivity contribution in [2.45, 2.75) is 43.5 Å². The summed E-state index contributed by atoms with van der Waals surface area (Å²) < 4.78 is 39.4. The van der Waals surface area contributed by atoms with Crippen LogP contribution in [0.2, 0.25) is 0 Å². The second-order valence-corrected chi connectivity index (χ2v) is 10.7. The SMILES string of the molecule is CCC1CCCCN1S(=O)(=O)c1ccc(C(=O)Nc2nc3c(OC)ccc(OC)c3s2)cc1. The number of nitrogens with zero attached hydrogens (tertiary/aromatic N) is 2. The lowest BCUT2D eigenvalue weighted by Crippen LogP contribution is -2.43. The number of methoxy groups -OCH3 is 2. The summed E-state index contributed by atoms with van der Waals surface area (Å²) in [6.07, 6.45) is 3.59. The first kappa shape index (κ1) is 23.5. The van der Waals surface area contributed by atoms with E-state index in [1.807, 2.05) is 6.92 Å². The molecule has 1 aromatic heterocycles. The van der Waals surface area contributed by atoms with Crippen LogP contribution in [0, 0.1) is 0 Å². The topological polar surface area (TPSA) is 97.8 Å². The first-order valence-electron chi connectivity index (χ1n) is 10.8. The number of rotatable bonds is 7. The molecule has 0 aliphatic carbocycles. The molecule has 1 saturated heterocycles. The van der Waals surface area contributed by atoms with E-state index in [1.165, 1.54) is 35.6 Å². The summed E-state index contributed by atoms with van der Waals surface area (Å²) in [6, 6.07) is 9.63. The van der Waals surface area contributed by atoms with Crippen LogP contribution in [0.25, 0.3) is 10.2 Å². The van der Waals surface area contributed by atoms with Crippen LogP contribution in [-0.2, 0) is 10.0 Å². The number of amides is 1. The molecule has 0 saturated carbocycles. The van der Waals surface area contributed by atoms with Gasteiger partial charge in [0, 0.05) is 18.2 Å². The second kappa shape index (κ2) is 9.66. The van der Waals surface area contributed by atoms with Gasteiger partial charge in [0.05, 0.1) is 19.1 Å². The van der Waals surface area contributed by atoms with E-state index < -0.39 is 10.0 Å². The maximum Gasteiger partial charge on any atom is 0.257 e. The predicted octanol–water partition coefficient (Wildman–Crippen LogP) is 4.52. The Hall–Kier alpha value is -2.69. The molecule has 0 bridgehead atoms. The first-order chi connectivity index (χ1) is 15.9. The molecule has 1 aliphatic rings. The molecular formula is C23H27N3O5S2. The van der Waals surface area contributed by atoms with Crippen molar-refractivity contribution in [2.75, 3.05) is 26.1 Å². The molecule has 1 N–H and O–H groups in total. The van der Waals surface area contributed by atoms with Crippen molar-refractivity contribution in [3.05, 3.63) is 42.0 Å². The minimum atomic E-state index is -3.59. The van der Waals surface area contributed by atoms with Crippen LogP contribution in [-0.4, -0.2) is 50.4 Å². The Balaban J connectivity index is 1.54. The minimum Gasteiger partial charge on any atom is -0.495 e. The Labute approximate surface area is 197 Å². The van der Waals surface area contributed by atoms with Crippen molar-refractivity contribution in [2.24, 2.45) is 0 Å². The van der Waals surface area contributed by atoms with E-state index in [0.717, 1.165) is 30.4 Å². The molecule has 176 valence electrons. The van der Waals surface area contributed by atoms with Crippen molar-refractivity contribution in [3.8, 4) is 11.5 Å². The third-order valence-electron chi connectivity index (χ3n) is 5.90. The molecule has 0 radical (unpaired) electrons. The summed E-state index contributed by atoms with van der Waals surface area (Å²) in [7, 11) is -0.466. The van der Waals surface area contributed by atoms with E-state index in [0.29, 0.717) is 34.3 Å². The van der Waals surface area contributed by atoms with E-state index in [-0.39, 0.29) is 16.8 Å². The number of piperidine rings is 1. The lowest BCUT2D eigenvalue weighted by molar-refractivity contribution is 0.102. The number of ether oxygens (including phenoxy) is 2. The van der Waals surface area contributed by atoms with Gasteiger partial charge in [-0.25, -0.2) is 13.4 Å². The van der Waals surface area contributed by atoms with E-state index in [9.17, 15) is 13.2 Å². The Bertz CT molecular complexity index is 1210. The van der Waals surface area contributed by atoms with Gasteiger partial charge in [-0.2, -0.15) is 4.31 Å². The van der Waals surface area contributed by atoms with E-state index in [1.54, 1.807) is 30.7 Å². The van der Waals surface area contributed by atoms with Crippen molar-refractivity contribution >= 4 is 42.6 Å². The largest absolute Gasteiger partial charge is 0.495 e. The molecule has 0 spiro atoms. The summed E-state index contributed by atoms with van der Waals surface area (Å²) in [6.45, 7) is 2.55. The van der Waals surface area contributed by atoms with Gasteiger partial charge >= 0.3 is 0 Å². The number of fused-ring (bicyclic) bond motifs is 1. The number of hydrogen-bond acceptors (Lipinski definition) is 7. The normalized spacial score (nSPS) is 17.1. The number of anilines is 1. The quantitative estimate of drug-likeness (QED) is 0.524. The monoisotopic (exact) mass is 489 g/mol. The molecule has 1 aliphatic heterocycles. The number of sulfonamides is 1. The summed E-state index contributed by atoms with van der Waals surface area (Å²) in [4.78, 5) is 17.5. The van der Waals surface area contributed by atoms with Crippen LogP contribution in [0.15, 0.2) is 41.3 Å². The Morgan fingerprint density at radius 2 is 1.82 bits per heavy atom. The summed E-state index contributed by atoms with van der Waals surface area (Å²) in [5.74, 6) is 0.849. The highest BCUT2D eigenvalue weighted by molar-refractivity contribution is 7.89. The average molecular weight is 490 g/mol. The summed E-state index contributed by atoms with van der Waals surface area (Å²) in [5.41, 5.74) is 0.948. The van der Waals surface area contributed by atoms with Crippen LogP contribution >= 0.6 is 11.3 Å². The molecule has 10 heteroatoms. The molecule has 1 atom stereocenters.